The van der Waals surface area contributed by atoms with E-state index in [0.29, 0.717) is 31.7 Å². The molecule has 1 aliphatic heterocycles. The van der Waals surface area contributed by atoms with Gasteiger partial charge in [0.15, 0.2) is 0 Å². The Morgan fingerprint density at radius 3 is 2.07 bits per heavy atom. The van der Waals surface area contributed by atoms with Crippen molar-refractivity contribution in [3.05, 3.63) is 65.7 Å². The number of amides is 2. The maximum absolute atomic E-state index is 12.5. The lowest BCUT2D eigenvalue weighted by molar-refractivity contribution is -0.133. The van der Waals surface area contributed by atoms with Crippen molar-refractivity contribution in [2.24, 2.45) is 5.73 Å². The standard InChI is InChI=1S/C20H23N3O3.ClH/c21-18(15-4-2-1-3-5-15)14-19(25)22-10-12-23(13-11-22)20(26)16-6-8-17(24)9-7-16;/h1-9,18,24H,10-14,21H2;1H. The maximum atomic E-state index is 12.5. The molecule has 0 saturated carbocycles. The molecule has 0 aromatic heterocycles. The van der Waals surface area contributed by atoms with Crippen molar-refractivity contribution in [3.8, 4) is 5.75 Å². The zero-order valence-corrected chi connectivity index (χ0v) is 15.8. The minimum Gasteiger partial charge on any atom is -0.508 e. The third kappa shape index (κ3) is 5.21. The number of hydrogen-bond acceptors (Lipinski definition) is 4. The number of phenols is 1. The second-order valence-electron chi connectivity index (χ2n) is 6.44. The van der Waals surface area contributed by atoms with Crippen LogP contribution in [0.5, 0.6) is 5.75 Å². The molecule has 2 aromatic carbocycles. The Balaban J connectivity index is 0.00000261. The molecular weight excluding hydrogens is 366 g/mol. The first-order valence-corrected chi connectivity index (χ1v) is 8.71. The first kappa shape index (κ1) is 20.7. The van der Waals surface area contributed by atoms with E-state index in [1.807, 2.05) is 30.3 Å². The van der Waals surface area contributed by atoms with Crippen LogP contribution < -0.4 is 5.73 Å². The van der Waals surface area contributed by atoms with E-state index in [4.69, 9.17) is 5.73 Å². The molecule has 3 N–H and O–H groups in total. The highest BCUT2D eigenvalue weighted by Crippen LogP contribution is 2.17. The third-order valence-corrected chi connectivity index (χ3v) is 4.66. The van der Waals surface area contributed by atoms with Crippen molar-refractivity contribution in [1.29, 1.82) is 0 Å². The summed E-state index contributed by atoms with van der Waals surface area (Å²) in [6.07, 6.45) is 0.260. The highest BCUT2D eigenvalue weighted by atomic mass is 35.5. The number of carbonyl (C=O) groups excluding carboxylic acids is 2. The maximum Gasteiger partial charge on any atom is 0.253 e. The number of piperazine rings is 1. The number of benzene rings is 2. The van der Waals surface area contributed by atoms with Crippen molar-refractivity contribution < 1.29 is 14.7 Å². The van der Waals surface area contributed by atoms with Crippen LogP contribution in [-0.4, -0.2) is 52.9 Å². The molecule has 2 aromatic rings. The molecule has 0 spiro atoms. The van der Waals surface area contributed by atoms with Crippen molar-refractivity contribution in [3.63, 3.8) is 0 Å². The molecule has 1 aliphatic rings. The van der Waals surface area contributed by atoms with Crippen molar-refractivity contribution >= 4 is 24.2 Å². The highest BCUT2D eigenvalue weighted by Gasteiger charge is 2.25. The van der Waals surface area contributed by atoms with Crippen LogP contribution >= 0.6 is 12.4 Å². The summed E-state index contributed by atoms with van der Waals surface area (Å²) in [6.45, 7) is 1.99. The second-order valence-corrected chi connectivity index (χ2v) is 6.44. The Bertz CT molecular complexity index is 760. The Morgan fingerprint density at radius 1 is 0.926 bits per heavy atom. The first-order valence-electron chi connectivity index (χ1n) is 8.71. The van der Waals surface area contributed by atoms with Gasteiger partial charge in [0.2, 0.25) is 5.91 Å². The normalized spacial score (nSPS) is 15.0. The topological polar surface area (TPSA) is 86.9 Å². The van der Waals surface area contributed by atoms with Gasteiger partial charge in [-0.2, -0.15) is 0 Å². The largest absolute Gasteiger partial charge is 0.508 e. The molecule has 7 heteroatoms. The second kappa shape index (κ2) is 9.39. The molecule has 144 valence electrons. The van der Waals surface area contributed by atoms with Crippen LogP contribution in [0.4, 0.5) is 0 Å². The molecular formula is C20H24ClN3O3. The number of phenolic OH excluding ortho intramolecular Hbond substituents is 1. The fraction of sp³-hybridized carbons (Fsp3) is 0.300. The summed E-state index contributed by atoms with van der Waals surface area (Å²) in [4.78, 5) is 28.4. The van der Waals surface area contributed by atoms with E-state index in [-0.39, 0.29) is 42.4 Å². The quantitative estimate of drug-likeness (QED) is 0.839. The van der Waals surface area contributed by atoms with E-state index in [9.17, 15) is 14.7 Å². The molecule has 6 nitrogen and oxygen atoms in total. The Labute approximate surface area is 165 Å². The van der Waals surface area contributed by atoms with E-state index in [1.165, 1.54) is 12.1 Å². The Kier molecular flexibility index (Phi) is 7.21. The van der Waals surface area contributed by atoms with E-state index >= 15 is 0 Å². The molecule has 0 aliphatic carbocycles. The fourth-order valence-electron chi connectivity index (χ4n) is 3.08. The Hall–Kier alpha value is -2.57. The van der Waals surface area contributed by atoms with Crippen LogP contribution in [0.25, 0.3) is 0 Å². The smallest absolute Gasteiger partial charge is 0.253 e. The van der Waals surface area contributed by atoms with Gasteiger partial charge in [0.1, 0.15) is 5.75 Å². The van der Waals surface area contributed by atoms with Gasteiger partial charge in [0.05, 0.1) is 0 Å². The highest BCUT2D eigenvalue weighted by molar-refractivity contribution is 5.94. The predicted octanol–water partition coefficient (Wildman–Crippen LogP) is 2.19. The first-order chi connectivity index (χ1) is 12.5. The number of nitrogens with zero attached hydrogens (tertiary/aromatic N) is 2. The molecule has 27 heavy (non-hydrogen) atoms. The van der Waals surface area contributed by atoms with E-state index in [2.05, 4.69) is 0 Å². The molecule has 1 unspecified atom stereocenters. The minimum atomic E-state index is -0.319. The number of halogens is 1. The lowest BCUT2D eigenvalue weighted by Gasteiger charge is -2.35. The van der Waals surface area contributed by atoms with Crippen LogP contribution in [0.1, 0.15) is 28.4 Å². The Morgan fingerprint density at radius 2 is 1.48 bits per heavy atom. The average Bonchev–Trinajstić information content (AvgIpc) is 2.69. The fourth-order valence-corrected chi connectivity index (χ4v) is 3.08. The summed E-state index contributed by atoms with van der Waals surface area (Å²) in [6, 6.07) is 15.5. The van der Waals surface area contributed by atoms with Gasteiger partial charge in [0, 0.05) is 44.2 Å². The molecule has 0 radical (unpaired) electrons. The van der Waals surface area contributed by atoms with Gasteiger partial charge in [-0.05, 0) is 29.8 Å². The monoisotopic (exact) mass is 389 g/mol. The van der Waals surface area contributed by atoms with Crippen LogP contribution in [0.15, 0.2) is 54.6 Å². The van der Waals surface area contributed by atoms with Gasteiger partial charge >= 0.3 is 0 Å². The van der Waals surface area contributed by atoms with Gasteiger partial charge in [-0.15, -0.1) is 12.4 Å². The van der Waals surface area contributed by atoms with Gasteiger partial charge in [-0.1, -0.05) is 30.3 Å². The summed E-state index contributed by atoms with van der Waals surface area (Å²) in [5, 5.41) is 9.32. The number of hydrogen-bond donors (Lipinski definition) is 2. The van der Waals surface area contributed by atoms with Gasteiger partial charge in [0.25, 0.3) is 5.91 Å². The predicted molar refractivity (Wildman–Crippen MR) is 106 cm³/mol. The molecule has 2 amide bonds. The zero-order chi connectivity index (χ0) is 18.5. The number of carbonyl (C=O) groups is 2. The average molecular weight is 390 g/mol. The summed E-state index contributed by atoms with van der Waals surface area (Å²) < 4.78 is 0. The lowest BCUT2D eigenvalue weighted by atomic mass is 10.0. The SMILES string of the molecule is Cl.NC(CC(=O)N1CCN(C(=O)c2ccc(O)cc2)CC1)c1ccccc1. The van der Waals surface area contributed by atoms with Crippen molar-refractivity contribution in [2.45, 2.75) is 12.5 Å². The molecule has 1 fully saturated rings. The lowest BCUT2D eigenvalue weighted by Crippen LogP contribution is -2.51. The number of aromatic hydroxyl groups is 1. The zero-order valence-electron chi connectivity index (χ0n) is 15.0. The molecule has 1 atom stereocenters. The summed E-state index contributed by atoms with van der Waals surface area (Å²) in [5.41, 5.74) is 7.62. The van der Waals surface area contributed by atoms with E-state index < -0.39 is 0 Å². The van der Waals surface area contributed by atoms with Crippen LogP contribution in [0, 0.1) is 0 Å². The number of nitrogens with two attached hydrogens (primary N) is 1. The molecule has 0 bridgehead atoms. The molecule has 3 rings (SSSR count). The molecule has 1 heterocycles. The van der Waals surface area contributed by atoms with Gasteiger partial charge < -0.3 is 20.6 Å². The summed E-state index contributed by atoms with van der Waals surface area (Å²) >= 11 is 0. The van der Waals surface area contributed by atoms with Crippen LogP contribution in [-0.2, 0) is 4.79 Å². The van der Waals surface area contributed by atoms with Crippen LogP contribution in [0.2, 0.25) is 0 Å². The molecule has 1 saturated heterocycles. The van der Waals surface area contributed by atoms with E-state index in [0.717, 1.165) is 5.56 Å². The summed E-state index contributed by atoms with van der Waals surface area (Å²) in [5.74, 6) is 0.0582. The third-order valence-electron chi connectivity index (χ3n) is 4.66. The van der Waals surface area contributed by atoms with Gasteiger partial charge in [-0.25, -0.2) is 0 Å². The summed E-state index contributed by atoms with van der Waals surface area (Å²) in [7, 11) is 0. The van der Waals surface area contributed by atoms with Crippen molar-refractivity contribution in [1.82, 2.24) is 9.80 Å². The minimum absolute atomic E-state index is 0. The van der Waals surface area contributed by atoms with Crippen molar-refractivity contribution in [2.75, 3.05) is 26.2 Å². The van der Waals surface area contributed by atoms with E-state index in [1.54, 1.807) is 21.9 Å². The van der Waals surface area contributed by atoms with Gasteiger partial charge in [-0.3, -0.25) is 9.59 Å². The number of rotatable bonds is 4. The van der Waals surface area contributed by atoms with Crippen LogP contribution in [0.3, 0.4) is 0 Å².